The largest absolute Gasteiger partial charge is 0.481 e. The number of nitrogens with zero attached hydrogens (tertiary/aromatic N) is 1. The van der Waals surface area contributed by atoms with Gasteiger partial charge in [0.25, 0.3) is 0 Å². The maximum Gasteiger partial charge on any atom is 0.326 e. The van der Waals surface area contributed by atoms with Crippen molar-refractivity contribution in [3.8, 4) is 0 Å². The fraction of sp³-hybridized carbons (Fsp3) is 0.700. The van der Waals surface area contributed by atoms with E-state index in [1.54, 1.807) is 0 Å². The van der Waals surface area contributed by atoms with Gasteiger partial charge in [-0.05, 0) is 45.1 Å². The number of guanidine groups is 1. The molecule has 0 aromatic carbocycles. The Balaban J connectivity index is 5.20. The summed E-state index contributed by atoms with van der Waals surface area (Å²) in [6.45, 7) is 0.619. The summed E-state index contributed by atoms with van der Waals surface area (Å²) in [5.41, 5.74) is 21.7. The van der Waals surface area contributed by atoms with E-state index in [-0.39, 0.29) is 37.5 Å². The number of nitrogens with one attached hydrogen (secondary N) is 3. The van der Waals surface area contributed by atoms with Crippen LogP contribution in [0.1, 0.15) is 44.9 Å². The number of aliphatic imine (C=N–C) groups is 1. The topological polar surface area (TPSA) is 278 Å². The number of hydrogen-bond donors (Lipinski definition) is 10. The van der Waals surface area contributed by atoms with E-state index in [4.69, 9.17) is 28.0 Å². The first kappa shape index (κ1) is 32.9. The van der Waals surface area contributed by atoms with Crippen LogP contribution in [-0.2, 0) is 24.0 Å². The van der Waals surface area contributed by atoms with Gasteiger partial charge in [-0.15, -0.1) is 0 Å². The van der Waals surface area contributed by atoms with Crippen molar-refractivity contribution in [2.75, 3.05) is 18.8 Å². The van der Waals surface area contributed by atoms with Crippen LogP contribution in [-0.4, -0.2) is 88.8 Å². The summed E-state index contributed by atoms with van der Waals surface area (Å²) >= 11 is 4.04. The SMILES string of the molecule is NCCCCC(NC(=O)C(CS)NC(=O)C(CCC(=O)O)NC(=O)C(N)CCCN=C(N)N)C(=O)O. The Morgan fingerprint density at radius 3 is 1.92 bits per heavy atom. The molecule has 0 fully saturated rings. The first-order valence-electron chi connectivity index (χ1n) is 11.4. The van der Waals surface area contributed by atoms with Gasteiger partial charge >= 0.3 is 11.9 Å². The Bertz CT molecular complexity index is 779. The van der Waals surface area contributed by atoms with Gasteiger partial charge in [-0.1, -0.05) is 0 Å². The Labute approximate surface area is 214 Å². The number of nitrogens with two attached hydrogens (primary N) is 4. The lowest BCUT2D eigenvalue weighted by atomic mass is 10.1. The highest BCUT2D eigenvalue weighted by Gasteiger charge is 2.29. The Morgan fingerprint density at radius 2 is 1.39 bits per heavy atom. The Hall–Kier alpha value is -3.11. The van der Waals surface area contributed by atoms with Crippen LogP contribution in [0, 0.1) is 0 Å². The van der Waals surface area contributed by atoms with Gasteiger partial charge in [0.05, 0.1) is 6.04 Å². The predicted octanol–water partition coefficient (Wildman–Crippen LogP) is -3.17. The molecule has 0 saturated carbocycles. The summed E-state index contributed by atoms with van der Waals surface area (Å²) in [6, 6.07) is -4.77. The molecule has 0 aliphatic carbocycles. The minimum absolute atomic E-state index is 0.105. The zero-order valence-electron chi connectivity index (χ0n) is 20.0. The minimum atomic E-state index is -1.31. The van der Waals surface area contributed by atoms with Gasteiger partial charge in [-0.25, -0.2) is 4.79 Å². The van der Waals surface area contributed by atoms with Crippen molar-refractivity contribution in [1.82, 2.24) is 16.0 Å². The maximum absolute atomic E-state index is 12.8. The second kappa shape index (κ2) is 18.2. The number of thiol groups is 1. The summed E-state index contributed by atoms with van der Waals surface area (Å²) in [7, 11) is 0. The molecule has 0 spiro atoms. The molecule has 4 unspecified atom stereocenters. The molecular formula is C20H38N8O7S. The van der Waals surface area contributed by atoms with Crippen LogP contribution in [0.15, 0.2) is 4.99 Å². The van der Waals surface area contributed by atoms with Crippen molar-refractivity contribution >= 4 is 48.2 Å². The monoisotopic (exact) mass is 534 g/mol. The molecule has 36 heavy (non-hydrogen) atoms. The molecule has 0 radical (unpaired) electrons. The number of carboxylic acid groups (broad SMARTS) is 2. The van der Waals surface area contributed by atoms with Gasteiger partial charge < -0.3 is 49.1 Å². The minimum Gasteiger partial charge on any atom is -0.481 e. The van der Waals surface area contributed by atoms with Crippen LogP contribution in [0.25, 0.3) is 0 Å². The van der Waals surface area contributed by atoms with Crippen molar-refractivity contribution in [3.63, 3.8) is 0 Å². The van der Waals surface area contributed by atoms with Crippen molar-refractivity contribution in [2.45, 2.75) is 69.1 Å². The molecule has 206 valence electrons. The van der Waals surface area contributed by atoms with E-state index in [2.05, 4.69) is 33.6 Å². The van der Waals surface area contributed by atoms with Crippen LogP contribution in [0.4, 0.5) is 0 Å². The van der Waals surface area contributed by atoms with Gasteiger partial charge in [-0.3, -0.25) is 24.2 Å². The smallest absolute Gasteiger partial charge is 0.326 e. The Kier molecular flexibility index (Phi) is 16.6. The molecular weight excluding hydrogens is 496 g/mol. The molecule has 4 atom stereocenters. The molecule has 16 heteroatoms. The third kappa shape index (κ3) is 14.3. The molecule has 0 saturated heterocycles. The number of amides is 3. The van der Waals surface area contributed by atoms with E-state index in [1.807, 2.05) is 0 Å². The van der Waals surface area contributed by atoms with Gasteiger partial charge in [0, 0.05) is 18.7 Å². The van der Waals surface area contributed by atoms with E-state index in [1.165, 1.54) is 0 Å². The third-order valence-corrected chi connectivity index (χ3v) is 5.33. The molecule has 3 amide bonds. The van der Waals surface area contributed by atoms with Gasteiger partial charge in [0.15, 0.2) is 5.96 Å². The number of carbonyl (C=O) groups excluding carboxylic acids is 3. The highest BCUT2D eigenvalue weighted by molar-refractivity contribution is 7.80. The first-order chi connectivity index (χ1) is 16.9. The van der Waals surface area contributed by atoms with E-state index in [9.17, 15) is 29.1 Å². The zero-order valence-corrected chi connectivity index (χ0v) is 20.9. The summed E-state index contributed by atoms with van der Waals surface area (Å²) < 4.78 is 0. The molecule has 0 bridgehead atoms. The van der Waals surface area contributed by atoms with Crippen LogP contribution >= 0.6 is 12.6 Å². The fourth-order valence-corrected chi connectivity index (χ4v) is 3.21. The van der Waals surface area contributed by atoms with E-state index in [0.29, 0.717) is 25.8 Å². The summed E-state index contributed by atoms with van der Waals surface area (Å²) in [5.74, 6) is -5.08. The number of unbranched alkanes of at least 4 members (excludes halogenated alkanes) is 1. The summed E-state index contributed by atoms with van der Waals surface area (Å²) in [5, 5.41) is 25.4. The molecule has 0 aromatic rings. The predicted molar refractivity (Wildman–Crippen MR) is 135 cm³/mol. The molecule has 0 aliphatic heterocycles. The third-order valence-electron chi connectivity index (χ3n) is 4.96. The van der Waals surface area contributed by atoms with E-state index >= 15 is 0 Å². The zero-order chi connectivity index (χ0) is 27.7. The number of carbonyl (C=O) groups is 5. The maximum atomic E-state index is 12.8. The molecule has 13 N–H and O–H groups in total. The van der Waals surface area contributed by atoms with Crippen LogP contribution in [0.3, 0.4) is 0 Å². The second-order valence-corrected chi connectivity index (χ2v) is 8.34. The standard InChI is InChI=1S/C20H38N8O7S/c21-8-2-1-5-13(19(34)35)27-18(33)14(10-36)28-17(32)12(6-7-15(29)30)26-16(31)11(22)4-3-9-25-20(23)24/h11-14,36H,1-10,21-22H2,(H,26,31)(H,27,33)(H,28,32)(H,29,30)(H,34,35)(H4,23,24,25). The average molecular weight is 535 g/mol. The normalized spacial score (nSPS) is 14.0. The molecule has 0 rings (SSSR count). The quantitative estimate of drug-likeness (QED) is 0.0341. The number of aliphatic carboxylic acids is 2. The number of carboxylic acids is 2. The van der Waals surface area contributed by atoms with Crippen molar-refractivity contribution in [2.24, 2.45) is 27.9 Å². The number of hydrogen-bond acceptors (Lipinski definition) is 9. The highest BCUT2D eigenvalue weighted by Crippen LogP contribution is 2.05. The van der Waals surface area contributed by atoms with Crippen LogP contribution < -0.4 is 38.9 Å². The molecule has 0 aromatic heterocycles. The molecule has 0 heterocycles. The summed E-state index contributed by atoms with van der Waals surface area (Å²) in [4.78, 5) is 64.1. The number of rotatable bonds is 19. The second-order valence-electron chi connectivity index (χ2n) is 7.98. The highest BCUT2D eigenvalue weighted by atomic mass is 32.1. The fourth-order valence-electron chi connectivity index (χ4n) is 2.95. The molecule has 0 aliphatic rings. The summed E-state index contributed by atoms with van der Waals surface area (Å²) in [6.07, 6.45) is 1.05. The van der Waals surface area contributed by atoms with Crippen LogP contribution in [0.5, 0.6) is 0 Å². The van der Waals surface area contributed by atoms with Crippen molar-refractivity contribution in [3.05, 3.63) is 0 Å². The first-order valence-corrected chi connectivity index (χ1v) is 12.0. The van der Waals surface area contributed by atoms with E-state index in [0.717, 1.165) is 0 Å². The van der Waals surface area contributed by atoms with Crippen molar-refractivity contribution < 1.29 is 34.2 Å². The van der Waals surface area contributed by atoms with Crippen molar-refractivity contribution in [1.29, 1.82) is 0 Å². The van der Waals surface area contributed by atoms with Gasteiger partial charge in [0.2, 0.25) is 17.7 Å². The lowest BCUT2D eigenvalue weighted by molar-refractivity contribution is -0.142. The van der Waals surface area contributed by atoms with E-state index < -0.39 is 60.2 Å². The lowest BCUT2D eigenvalue weighted by Gasteiger charge is -2.24. The lowest BCUT2D eigenvalue weighted by Crippen LogP contribution is -2.57. The van der Waals surface area contributed by atoms with Crippen LogP contribution in [0.2, 0.25) is 0 Å². The van der Waals surface area contributed by atoms with Gasteiger partial charge in [0.1, 0.15) is 18.1 Å². The average Bonchev–Trinajstić information content (AvgIpc) is 2.81. The molecule has 15 nitrogen and oxygen atoms in total. The van der Waals surface area contributed by atoms with Gasteiger partial charge in [-0.2, -0.15) is 12.6 Å². The Morgan fingerprint density at radius 1 is 0.806 bits per heavy atom.